The lowest BCUT2D eigenvalue weighted by Crippen LogP contribution is -2.29. The highest BCUT2D eigenvalue weighted by molar-refractivity contribution is 7.68. The summed E-state index contributed by atoms with van der Waals surface area (Å²) >= 11 is 0. The Bertz CT molecular complexity index is 448. The molecule has 0 unspecified atom stereocenters. The maximum Gasteiger partial charge on any atom is 0.0917 e. The molecule has 1 aliphatic carbocycles. The van der Waals surface area contributed by atoms with Crippen molar-refractivity contribution < 1.29 is 9.13 Å². The molecule has 0 N–H and O–H groups in total. The molecule has 1 rings (SSSR count). The van der Waals surface area contributed by atoms with Gasteiger partial charge in [0, 0.05) is 23.6 Å². The van der Waals surface area contributed by atoms with Crippen LogP contribution in [0.25, 0.3) is 0 Å². The first-order chi connectivity index (χ1) is 11.3. The largest absolute Gasteiger partial charge is 0.323 e. The van der Waals surface area contributed by atoms with E-state index in [2.05, 4.69) is 26.0 Å². The van der Waals surface area contributed by atoms with Crippen molar-refractivity contribution in [3.63, 3.8) is 0 Å². The predicted molar refractivity (Wildman–Crippen MR) is 111 cm³/mol. The summed E-state index contributed by atoms with van der Waals surface area (Å²) in [6.45, 7) is 8.21. The third-order valence-corrected chi connectivity index (χ3v) is 11.6. The summed E-state index contributed by atoms with van der Waals surface area (Å²) in [7, 11) is -4.49. The zero-order chi connectivity index (χ0) is 18.1. The van der Waals surface area contributed by atoms with Crippen LogP contribution >= 0.6 is 14.3 Å². The lowest BCUT2D eigenvalue weighted by Gasteiger charge is -2.37. The number of hydrogen-bond donors (Lipinski definition) is 0. The first-order valence-electron chi connectivity index (χ1n) is 10.1. The molecule has 0 aliphatic heterocycles. The molecule has 0 aromatic carbocycles. The Kier molecular flexibility index (Phi) is 10.2. The van der Waals surface area contributed by atoms with Crippen molar-refractivity contribution in [3.8, 4) is 0 Å². The fourth-order valence-electron chi connectivity index (χ4n) is 3.99. The Morgan fingerprint density at radius 2 is 1.42 bits per heavy atom. The van der Waals surface area contributed by atoms with E-state index in [4.69, 9.17) is 0 Å². The third-order valence-electron chi connectivity index (χ3n) is 5.46. The van der Waals surface area contributed by atoms with Crippen molar-refractivity contribution >= 4 is 14.3 Å². The molecule has 0 saturated carbocycles. The average Bonchev–Trinajstić information content (AvgIpc) is 2.55. The molecule has 0 radical (unpaired) electrons. The Labute approximate surface area is 151 Å². The Balaban J connectivity index is 2.86. The van der Waals surface area contributed by atoms with Gasteiger partial charge in [-0.15, -0.1) is 0 Å². The zero-order valence-electron chi connectivity index (χ0n) is 16.5. The summed E-state index contributed by atoms with van der Waals surface area (Å²) in [5, 5.41) is 0. The third kappa shape index (κ3) is 7.21. The van der Waals surface area contributed by atoms with Gasteiger partial charge in [0.1, 0.15) is 0 Å². The van der Waals surface area contributed by atoms with Crippen molar-refractivity contribution in [1.82, 2.24) is 0 Å². The summed E-state index contributed by atoms with van der Waals surface area (Å²) in [5.74, 6) is 0. The molecule has 1 aliphatic rings. The van der Waals surface area contributed by atoms with Crippen molar-refractivity contribution in [1.29, 1.82) is 0 Å². The van der Waals surface area contributed by atoms with Gasteiger partial charge in [-0.3, -0.25) is 0 Å². The molecule has 24 heavy (non-hydrogen) atoms. The van der Waals surface area contributed by atoms with Gasteiger partial charge >= 0.3 is 0 Å². The summed E-state index contributed by atoms with van der Waals surface area (Å²) in [6, 6.07) is 0. The molecule has 0 fully saturated rings. The zero-order valence-corrected chi connectivity index (χ0v) is 18.3. The minimum atomic E-state index is -2.25. The summed E-state index contributed by atoms with van der Waals surface area (Å²) < 4.78 is 26.8. The van der Waals surface area contributed by atoms with Gasteiger partial charge in [0.15, 0.2) is 0 Å². The minimum Gasteiger partial charge on any atom is -0.323 e. The van der Waals surface area contributed by atoms with E-state index in [-0.39, 0.29) is 11.3 Å². The highest BCUT2D eigenvalue weighted by Gasteiger charge is 2.41. The fourth-order valence-corrected chi connectivity index (χ4v) is 10.9. The molecule has 2 nitrogen and oxygen atoms in total. The van der Waals surface area contributed by atoms with Gasteiger partial charge in [-0.05, 0) is 39.0 Å². The summed E-state index contributed by atoms with van der Waals surface area (Å²) in [6.07, 6.45) is 17.5. The van der Waals surface area contributed by atoms with Gasteiger partial charge in [0.25, 0.3) is 0 Å². The Morgan fingerprint density at radius 1 is 0.875 bits per heavy atom. The smallest absolute Gasteiger partial charge is 0.0917 e. The second-order valence-electron chi connectivity index (χ2n) is 8.02. The highest BCUT2D eigenvalue weighted by atomic mass is 31.2. The van der Waals surface area contributed by atoms with E-state index in [9.17, 15) is 9.13 Å². The monoisotopic (exact) mass is 374 g/mol. The van der Waals surface area contributed by atoms with Gasteiger partial charge in [0.2, 0.25) is 0 Å². The molecule has 142 valence electrons. The van der Waals surface area contributed by atoms with Crippen LogP contribution in [0.3, 0.4) is 0 Å². The normalized spacial score (nSPS) is 22.0. The first kappa shape index (κ1) is 22.2. The first-order valence-corrected chi connectivity index (χ1v) is 15.0. The molecule has 2 atom stereocenters. The van der Waals surface area contributed by atoms with Crippen LogP contribution in [-0.2, 0) is 9.13 Å². The maximum atomic E-state index is 14.0. The van der Waals surface area contributed by atoms with Gasteiger partial charge in [0.05, 0.1) is 14.3 Å². The lowest BCUT2D eigenvalue weighted by molar-refractivity contribution is 0.537. The molecule has 0 aromatic rings. The maximum absolute atomic E-state index is 14.0. The van der Waals surface area contributed by atoms with Crippen molar-refractivity contribution in [2.45, 2.75) is 89.4 Å². The average molecular weight is 374 g/mol. The van der Waals surface area contributed by atoms with E-state index >= 15 is 0 Å². The number of hydrogen-bond acceptors (Lipinski definition) is 2. The van der Waals surface area contributed by atoms with Crippen molar-refractivity contribution in [3.05, 3.63) is 12.2 Å². The second-order valence-corrected chi connectivity index (χ2v) is 14.9. The van der Waals surface area contributed by atoms with Crippen LogP contribution in [0, 0.1) is 0 Å². The van der Waals surface area contributed by atoms with E-state index < -0.39 is 14.3 Å². The Morgan fingerprint density at radius 3 is 1.88 bits per heavy atom. The highest BCUT2D eigenvalue weighted by Crippen LogP contribution is 2.62. The van der Waals surface area contributed by atoms with Crippen LogP contribution in [0.2, 0.25) is 0 Å². The molecule has 0 saturated heterocycles. The lowest BCUT2D eigenvalue weighted by atomic mass is 10.1. The molecule has 0 bridgehead atoms. The van der Waals surface area contributed by atoms with Gasteiger partial charge in [-0.25, -0.2) is 0 Å². The van der Waals surface area contributed by atoms with Crippen LogP contribution in [0.5, 0.6) is 0 Å². The van der Waals surface area contributed by atoms with E-state index in [1.807, 2.05) is 13.3 Å². The minimum absolute atomic E-state index is 0.0504. The van der Waals surface area contributed by atoms with Gasteiger partial charge < -0.3 is 9.13 Å². The Hall–Kier alpha value is 0.200. The fraction of sp³-hybridized carbons (Fsp3) is 0.900. The van der Waals surface area contributed by atoms with E-state index in [1.165, 1.54) is 38.5 Å². The van der Waals surface area contributed by atoms with E-state index in [0.29, 0.717) is 0 Å². The molecular formula is C20H40O2P2. The standard InChI is InChI=1S/C20H40O2P2/c1-5-7-9-13-17-24(22,18-14-10-8-6-2)20-16-12-11-15-19(20)23(3,4)21/h11,15,19-20H,5-10,12-14,16-18H2,1-4H3/t19-,20-/m1/s1. The van der Waals surface area contributed by atoms with Crippen LogP contribution in [0.15, 0.2) is 12.2 Å². The molecule has 0 spiro atoms. The van der Waals surface area contributed by atoms with Crippen molar-refractivity contribution in [2.24, 2.45) is 0 Å². The van der Waals surface area contributed by atoms with Crippen LogP contribution in [0.4, 0.5) is 0 Å². The quantitative estimate of drug-likeness (QED) is 0.205. The SMILES string of the molecule is CCCCCCP(=O)(CCCCCC)[C@@H]1CCC=C[C@H]1P(C)(C)=O. The number of allylic oxidation sites excluding steroid dienone is 2. The molecular weight excluding hydrogens is 334 g/mol. The van der Waals surface area contributed by atoms with E-state index in [1.54, 1.807) is 0 Å². The van der Waals surface area contributed by atoms with Crippen LogP contribution < -0.4 is 0 Å². The molecule has 4 heteroatoms. The number of unbranched alkanes of at least 4 members (excludes halogenated alkanes) is 6. The predicted octanol–water partition coefficient (Wildman–Crippen LogP) is 7.22. The van der Waals surface area contributed by atoms with Crippen LogP contribution in [-0.4, -0.2) is 37.0 Å². The van der Waals surface area contributed by atoms with Crippen LogP contribution in [0.1, 0.15) is 78.1 Å². The molecule has 0 amide bonds. The summed E-state index contributed by atoms with van der Waals surface area (Å²) in [5.41, 5.74) is 0.223. The topological polar surface area (TPSA) is 34.1 Å². The summed E-state index contributed by atoms with van der Waals surface area (Å²) in [4.78, 5) is 0. The van der Waals surface area contributed by atoms with E-state index in [0.717, 1.165) is 38.0 Å². The number of rotatable bonds is 12. The van der Waals surface area contributed by atoms with Crippen molar-refractivity contribution in [2.75, 3.05) is 25.7 Å². The molecule has 0 heterocycles. The van der Waals surface area contributed by atoms with Gasteiger partial charge in [-0.1, -0.05) is 64.5 Å². The second kappa shape index (κ2) is 11.0. The van der Waals surface area contributed by atoms with Gasteiger partial charge in [-0.2, -0.15) is 0 Å². The molecule has 0 aromatic heterocycles.